The van der Waals surface area contributed by atoms with Crippen LogP contribution in [0.2, 0.25) is 0 Å². The molecule has 0 spiro atoms. The lowest BCUT2D eigenvalue weighted by Gasteiger charge is -2.08. The highest BCUT2D eigenvalue weighted by Crippen LogP contribution is 2.25. The number of anilines is 2. The van der Waals surface area contributed by atoms with E-state index in [-0.39, 0.29) is 12.2 Å². The Labute approximate surface area is 180 Å². The molecule has 2 amide bonds. The Kier molecular flexibility index (Phi) is 5.72. The fraction of sp³-hybridized carbons (Fsp3) is 0.0952. The highest BCUT2D eigenvalue weighted by Gasteiger charge is 2.13. The summed E-state index contributed by atoms with van der Waals surface area (Å²) in [6.45, 7) is -0.349. The molecule has 0 aliphatic carbocycles. The van der Waals surface area contributed by atoms with E-state index in [1.807, 2.05) is 24.3 Å². The fourth-order valence-corrected chi connectivity index (χ4v) is 3.66. The van der Waals surface area contributed by atoms with Crippen LogP contribution in [0.25, 0.3) is 10.2 Å². The van der Waals surface area contributed by atoms with Crippen molar-refractivity contribution in [3.8, 4) is 5.75 Å². The van der Waals surface area contributed by atoms with Gasteiger partial charge in [0.1, 0.15) is 18.0 Å². The van der Waals surface area contributed by atoms with Crippen LogP contribution in [0.1, 0.15) is 10.5 Å². The Hall–Kier alpha value is -4.05. The minimum absolute atomic E-state index is 0.00297. The number of methoxy groups -OCH3 is 1. The minimum Gasteiger partial charge on any atom is -0.497 e. The van der Waals surface area contributed by atoms with Crippen LogP contribution < -0.4 is 20.9 Å². The summed E-state index contributed by atoms with van der Waals surface area (Å²) in [6.07, 6.45) is 0. The lowest BCUT2D eigenvalue weighted by Crippen LogP contribution is -2.31. The molecule has 0 bridgehead atoms. The number of thiazole rings is 1. The Morgan fingerprint density at radius 2 is 1.81 bits per heavy atom. The Bertz CT molecular complexity index is 1280. The highest BCUT2D eigenvalue weighted by molar-refractivity contribution is 7.22. The van der Waals surface area contributed by atoms with Crippen LogP contribution in [0.15, 0.2) is 65.5 Å². The summed E-state index contributed by atoms with van der Waals surface area (Å²) in [7, 11) is 1.55. The molecule has 10 heteroatoms. The third-order valence-electron chi connectivity index (χ3n) is 4.28. The molecule has 156 valence electrons. The van der Waals surface area contributed by atoms with E-state index in [0.29, 0.717) is 16.6 Å². The fourth-order valence-electron chi connectivity index (χ4n) is 2.77. The first-order chi connectivity index (χ1) is 15.0. The van der Waals surface area contributed by atoms with E-state index < -0.39 is 17.4 Å². The molecule has 2 aromatic carbocycles. The summed E-state index contributed by atoms with van der Waals surface area (Å²) in [4.78, 5) is 41.3. The number of nitrogens with zero attached hydrogens (tertiary/aromatic N) is 3. The van der Waals surface area contributed by atoms with Gasteiger partial charge in [0.2, 0.25) is 5.91 Å². The second-order valence-electron chi connectivity index (χ2n) is 6.43. The van der Waals surface area contributed by atoms with Crippen molar-refractivity contribution < 1.29 is 14.3 Å². The molecule has 0 saturated heterocycles. The number of nitrogens with one attached hydrogen (secondary N) is 2. The maximum atomic E-state index is 12.5. The van der Waals surface area contributed by atoms with E-state index in [1.54, 1.807) is 31.4 Å². The number of para-hydroxylation sites is 1. The Balaban J connectivity index is 1.45. The number of amides is 2. The van der Waals surface area contributed by atoms with Crippen LogP contribution in [0.3, 0.4) is 0 Å². The number of ether oxygens (including phenoxy) is 1. The molecule has 31 heavy (non-hydrogen) atoms. The molecule has 9 nitrogen and oxygen atoms in total. The second-order valence-corrected chi connectivity index (χ2v) is 7.46. The molecule has 0 unspecified atom stereocenters. The molecule has 0 aliphatic heterocycles. The van der Waals surface area contributed by atoms with Crippen molar-refractivity contribution in [2.45, 2.75) is 6.54 Å². The van der Waals surface area contributed by atoms with E-state index in [1.165, 1.54) is 23.5 Å². The van der Waals surface area contributed by atoms with Crippen LogP contribution in [0.4, 0.5) is 10.8 Å². The maximum Gasteiger partial charge on any atom is 0.276 e. The summed E-state index contributed by atoms with van der Waals surface area (Å²) in [6, 6.07) is 16.8. The molecule has 4 rings (SSSR count). The van der Waals surface area contributed by atoms with Crippen molar-refractivity contribution in [1.82, 2.24) is 14.8 Å². The summed E-state index contributed by atoms with van der Waals surface area (Å²) < 4.78 is 6.95. The zero-order chi connectivity index (χ0) is 21.8. The van der Waals surface area contributed by atoms with Gasteiger partial charge in [-0.15, -0.1) is 0 Å². The average Bonchev–Trinajstić information content (AvgIpc) is 3.17. The van der Waals surface area contributed by atoms with Gasteiger partial charge in [-0.3, -0.25) is 14.4 Å². The molecule has 0 saturated carbocycles. The summed E-state index contributed by atoms with van der Waals surface area (Å²) in [5.41, 5.74) is 0.817. The van der Waals surface area contributed by atoms with Crippen molar-refractivity contribution in [2.24, 2.45) is 0 Å². The first-order valence-corrected chi connectivity index (χ1v) is 10.0. The maximum absolute atomic E-state index is 12.5. The predicted octanol–water partition coefficient (Wildman–Crippen LogP) is 2.75. The SMILES string of the molecule is COc1ccc(NC(=O)c2ccc(=O)n(CC(=O)Nc3nc4ccccc4s3)n2)cc1. The van der Waals surface area contributed by atoms with Crippen LogP contribution in [0, 0.1) is 0 Å². The molecule has 0 radical (unpaired) electrons. The first-order valence-electron chi connectivity index (χ1n) is 9.21. The quantitative estimate of drug-likeness (QED) is 0.481. The van der Waals surface area contributed by atoms with Crippen molar-refractivity contribution >= 4 is 44.2 Å². The molecule has 0 aliphatic rings. The zero-order valence-corrected chi connectivity index (χ0v) is 17.2. The van der Waals surface area contributed by atoms with Crippen LogP contribution in [-0.2, 0) is 11.3 Å². The third-order valence-corrected chi connectivity index (χ3v) is 5.23. The second kappa shape index (κ2) is 8.76. The molecule has 0 atom stereocenters. The van der Waals surface area contributed by atoms with E-state index in [2.05, 4.69) is 20.7 Å². The van der Waals surface area contributed by atoms with Gasteiger partial charge in [0.25, 0.3) is 11.5 Å². The lowest BCUT2D eigenvalue weighted by molar-refractivity contribution is -0.117. The van der Waals surface area contributed by atoms with Crippen LogP contribution in [-0.4, -0.2) is 33.7 Å². The molecule has 2 N–H and O–H groups in total. The standard InChI is InChI=1S/C21H17N5O4S/c1-30-14-8-6-13(7-9-14)22-20(29)16-10-11-19(28)26(25-16)12-18(27)24-21-23-15-4-2-3-5-17(15)31-21/h2-11H,12H2,1H3,(H,22,29)(H,23,24,27). The third kappa shape index (κ3) is 4.75. The Morgan fingerprint density at radius 1 is 1.03 bits per heavy atom. The lowest BCUT2D eigenvalue weighted by atomic mass is 10.3. The van der Waals surface area contributed by atoms with E-state index in [4.69, 9.17) is 4.74 Å². The van der Waals surface area contributed by atoms with Gasteiger partial charge in [0.05, 0.1) is 17.3 Å². The first kappa shape index (κ1) is 20.2. The number of aromatic nitrogens is 3. The Morgan fingerprint density at radius 3 is 2.55 bits per heavy atom. The number of benzene rings is 2. The van der Waals surface area contributed by atoms with Gasteiger partial charge in [-0.25, -0.2) is 9.67 Å². The smallest absolute Gasteiger partial charge is 0.276 e. The van der Waals surface area contributed by atoms with Crippen LogP contribution in [0.5, 0.6) is 5.75 Å². The highest BCUT2D eigenvalue weighted by atomic mass is 32.1. The van der Waals surface area contributed by atoms with Gasteiger partial charge in [-0.2, -0.15) is 5.10 Å². The van der Waals surface area contributed by atoms with Crippen molar-refractivity contribution in [1.29, 1.82) is 0 Å². The van der Waals surface area contributed by atoms with Gasteiger partial charge in [-0.05, 0) is 42.5 Å². The minimum atomic E-state index is -0.509. The van der Waals surface area contributed by atoms with Gasteiger partial charge in [0, 0.05) is 11.8 Å². The van der Waals surface area contributed by atoms with Crippen molar-refractivity contribution in [3.63, 3.8) is 0 Å². The van der Waals surface area contributed by atoms with Gasteiger partial charge in [0.15, 0.2) is 5.13 Å². The molecule has 2 heterocycles. The molecule has 2 aromatic heterocycles. The van der Waals surface area contributed by atoms with Crippen molar-refractivity contribution in [2.75, 3.05) is 17.7 Å². The monoisotopic (exact) mass is 435 g/mol. The van der Waals surface area contributed by atoms with E-state index >= 15 is 0 Å². The van der Waals surface area contributed by atoms with Gasteiger partial charge < -0.3 is 15.4 Å². The predicted molar refractivity (Wildman–Crippen MR) is 118 cm³/mol. The largest absolute Gasteiger partial charge is 0.497 e. The van der Waals surface area contributed by atoms with E-state index in [9.17, 15) is 14.4 Å². The molecular weight excluding hydrogens is 418 g/mol. The number of hydrogen-bond acceptors (Lipinski definition) is 7. The number of rotatable bonds is 6. The number of carbonyl (C=O) groups is 2. The zero-order valence-electron chi connectivity index (χ0n) is 16.4. The summed E-state index contributed by atoms with van der Waals surface area (Å²) >= 11 is 1.33. The average molecular weight is 435 g/mol. The van der Waals surface area contributed by atoms with E-state index in [0.717, 1.165) is 14.9 Å². The number of fused-ring (bicyclic) bond motifs is 1. The normalized spacial score (nSPS) is 10.6. The molecular formula is C21H17N5O4S. The molecule has 4 aromatic rings. The van der Waals surface area contributed by atoms with Crippen LogP contribution >= 0.6 is 11.3 Å². The van der Waals surface area contributed by atoms with Gasteiger partial charge in [-0.1, -0.05) is 23.5 Å². The summed E-state index contributed by atoms with van der Waals surface area (Å²) in [5, 5.41) is 9.79. The topological polar surface area (TPSA) is 115 Å². The number of carbonyl (C=O) groups excluding carboxylic acids is 2. The number of hydrogen-bond donors (Lipinski definition) is 2. The molecule has 0 fully saturated rings. The van der Waals surface area contributed by atoms with Gasteiger partial charge >= 0.3 is 0 Å². The van der Waals surface area contributed by atoms with Crippen molar-refractivity contribution in [3.05, 3.63) is 76.7 Å². The summed E-state index contributed by atoms with van der Waals surface area (Å²) in [5.74, 6) is -0.323.